The standard InChI is InChI=1S/C10H13N3O5/c1-2-5(3-8(15)16)11-9(17)6-4-7(14)13-10(18)12-6/h4-5H,2-3H2,1H3,(H,11,17)(H,15,16)(H2,12,13,14,18). The predicted octanol–water partition coefficient (Wildman–Crippen LogP) is -0.954. The van der Waals surface area contributed by atoms with Crippen molar-refractivity contribution in [2.45, 2.75) is 25.8 Å². The average Bonchev–Trinajstić information content (AvgIpc) is 2.26. The number of amides is 1. The highest BCUT2D eigenvalue weighted by Gasteiger charge is 2.16. The number of nitrogens with one attached hydrogen (secondary N) is 3. The van der Waals surface area contributed by atoms with Crippen LogP contribution in [0.15, 0.2) is 15.7 Å². The average molecular weight is 255 g/mol. The molecule has 4 N–H and O–H groups in total. The second-order valence-corrected chi connectivity index (χ2v) is 3.68. The Kier molecular flexibility index (Phi) is 4.41. The summed E-state index contributed by atoms with van der Waals surface area (Å²) in [5.41, 5.74) is -1.69. The van der Waals surface area contributed by atoms with E-state index in [1.807, 2.05) is 4.98 Å². The van der Waals surface area contributed by atoms with E-state index in [0.717, 1.165) is 6.07 Å². The van der Waals surface area contributed by atoms with Crippen molar-refractivity contribution in [2.75, 3.05) is 0 Å². The maximum absolute atomic E-state index is 11.7. The van der Waals surface area contributed by atoms with Crippen LogP contribution in [-0.4, -0.2) is 33.0 Å². The SMILES string of the molecule is CCC(CC(=O)O)NC(=O)c1cc(=O)[nH]c(=O)[nH]1. The van der Waals surface area contributed by atoms with Crippen molar-refractivity contribution in [3.63, 3.8) is 0 Å². The molecule has 1 atom stereocenters. The number of aromatic nitrogens is 2. The zero-order valence-electron chi connectivity index (χ0n) is 9.65. The zero-order chi connectivity index (χ0) is 13.7. The molecule has 0 aliphatic carbocycles. The molecule has 98 valence electrons. The first-order valence-electron chi connectivity index (χ1n) is 5.28. The summed E-state index contributed by atoms with van der Waals surface area (Å²) in [4.78, 5) is 48.3. The van der Waals surface area contributed by atoms with Crippen molar-refractivity contribution in [2.24, 2.45) is 0 Å². The molecule has 0 saturated carbocycles. The molecule has 1 aromatic rings. The summed E-state index contributed by atoms with van der Waals surface area (Å²) < 4.78 is 0. The molecule has 0 aromatic carbocycles. The zero-order valence-corrected chi connectivity index (χ0v) is 9.65. The van der Waals surface area contributed by atoms with E-state index in [1.54, 1.807) is 6.92 Å². The first-order valence-corrected chi connectivity index (χ1v) is 5.28. The van der Waals surface area contributed by atoms with Crippen molar-refractivity contribution in [3.05, 3.63) is 32.6 Å². The number of hydrogen-bond acceptors (Lipinski definition) is 4. The van der Waals surface area contributed by atoms with Crippen LogP contribution in [0.2, 0.25) is 0 Å². The van der Waals surface area contributed by atoms with E-state index in [2.05, 4.69) is 10.3 Å². The highest BCUT2D eigenvalue weighted by molar-refractivity contribution is 5.92. The van der Waals surface area contributed by atoms with Gasteiger partial charge in [0.15, 0.2) is 0 Å². The monoisotopic (exact) mass is 255 g/mol. The van der Waals surface area contributed by atoms with E-state index in [9.17, 15) is 19.2 Å². The highest BCUT2D eigenvalue weighted by atomic mass is 16.4. The number of carboxylic acid groups (broad SMARTS) is 1. The number of aliphatic carboxylic acids is 1. The lowest BCUT2D eigenvalue weighted by atomic mass is 10.1. The van der Waals surface area contributed by atoms with Gasteiger partial charge in [-0.2, -0.15) is 0 Å². The van der Waals surface area contributed by atoms with Gasteiger partial charge in [-0.25, -0.2) is 4.79 Å². The van der Waals surface area contributed by atoms with Gasteiger partial charge in [0.2, 0.25) is 0 Å². The molecule has 1 heterocycles. The Bertz CT molecular complexity index is 531. The molecule has 1 rings (SSSR count). The van der Waals surface area contributed by atoms with Gasteiger partial charge in [0.25, 0.3) is 11.5 Å². The lowest BCUT2D eigenvalue weighted by molar-refractivity contribution is -0.137. The largest absolute Gasteiger partial charge is 0.481 e. The Labute approximate surface area is 101 Å². The van der Waals surface area contributed by atoms with Gasteiger partial charge in [0.1, 0.15) is 5.69 Å². The second-order valence-electron chi connectivity index (χ2n) is 3.68. The Morgan fingerprint density at radius 2 is 2.06 bits per heavy atom. The lowest BCUT2D eigenvalue weighted by Crippen LogP contribution is -2.38. The van der Waals surface area contributed by atoms with Gasteiger partial charge in [-0.05, 0) is 6.42 Å². The number of hydrogen-bond donors (Lipinski definition) is 4. The summed E-state index contributed by atoms with van der Waals surface area (Å²) >= 11 is 0. The number of H-pyrrole nitrogens is 2. The van der Waals surface area contributed by atoms with Crippen LogP contribution >= 0.6 is 0 Å². The van der Waals surface area contributed by atoms with E-state index in [0.29, 0.717) is 6.42 Å². The number of rotatable bonds is 5. The Balaban J connectivity index is 2.84. The first-order chi connectivity index (χ1) is 8.42. The van der Waals surface area contributed by atoms with Crippen LogP contribution < -0.4 is 16.6 Å². The first kappa shape index (κ1) is 13.7. The summed E-state index contributed by atoms with van der Waals surface area (Å²) in [6.45, 7) is 1.72. The summed E-state index contributed by atoms with van der Waals surface area (Å²) in [7, 11) is 0. The number of carboxylic acids is 1. The fourth-order valence-corrected chi connectivity index (χ4v) is 1.36. The van der Waals surface area contributed by atoms with Crippen LogP contribution in [0.5, 0.6) is 0 Å². The third-order valence-electron chi connectivity index (χ3n) is 2.25. The summed E-state index contributed by atoms with van der Waals surface area (Å²) in [5.74, 6) is -1.73. The topological polar surface area (TPSA) is 132 Å². The van der Waals surface area contributed by atoms with Gasteiger partial charge in [-0.1, -0.05) is 6.92 Å². The van der Waals surface area contributed by atoms with Crippen LogP contribution in [-0.2, 0) is 4.79 Å². The van der Waals surface area contributed by atoms with Crippen LogP contribution in [0.25, 0.3) is 0 Å². The molecule has 0 aliphatic heterocycles. The lowest BCUT2D eigenvalue weighted by Gasteiger charge is -2.14. The van der Waals surface area contributed by atoms with Crippen LogP contribution in [0.4, 0.5) is 0 Å². The molecule has 8 nitrogen and oxygen atoms in total. The van der Waals surface area contributed by atoms with Gasteiger partial charge in [-0.15, -0.1) is 0 Å². The summed E-state index contributed by atoms with van der Waals surface area (Å²) in [6.07, 6.45) is 0.196. The van der Waals surface area contributed by atoms with E-state index in [1.165, 1.54) is 0 Å². The molecular weight excluding hydrogens is 242 g/mol. The molecule has 0 saturated heterocycles. The molecule has 1 aromatic heterocycles. The van der Waals surface area contributed by atoms with Gasteiger partial charge in [-0.3, -0.25) is 19.4 Å². The fraction of sp³-hybridized carbons (Fsp3) is 0.400. The van der Waals surface area contributed by atoms with Gasteiger partial charge in [0.05, 0.1) is 6.42 Å². The van der Waals surface area contributed by atoms with E-state index >= 15 is 0 Å². The molecule has 0 bridgehead atoms. The molecule has 18 heavy (non-hydrogen) atoms. The smallest absolute Gasteiger partial charge is 0.326 e. The van der Waals surface area contributed by atoms with Crippen LogP contribution in [0, 0.1) is 0 Å². The minimum Gasteiger partial charge on any atom is -0.481 e. The van der Waals surface area contributed by atoms with Crippen molar-refractivity contribution < 1.29 is 14.7 Å². The van der Waals surface area contributed by atoms with Crippen molar-refractivity contribution in [1.82, 2.24) is 15.3 Å². The number of carbonyl (C=O) groups excluding carboxylic acids is 1. The highest BCUT2D eigenvalue weighted by Crippen LogP contribution is 1.99. The van der Waals surface area contributed by atoms with Crippen molar-refractivity contribution >= 4 is 11.9 Å². The molecule has 0 fully saturated rings. The normalized spacial score (nSPS) is 11.8. The number of carbonyl (C=O) groups is 2. The molecule has 1 unspecified atom stereocenters. The quantitative estimate of drug-likeness (QED) is 0.538. The summed E-state index contributed by atoms with van der Waals surface area (Å²) in [5, 5.41) is 11.0. The fourth-order valence-electron chi connectivity index (χ4n) is 1.36. The predicted molar refractivity (Wildman–Crippen MR) is 61.5 cm³/mol. The van der Waals surface area contributed by atoms with E-state index in [4.69, 9.17) is 5.11 Å². The minimum atomic E-state index is -1.04. The Morgan fingerprint density at radius 1 is 1.39 bits per heavy atom. The molecule has 0 spiro atoms. The Hall–Kier alpha value is -2.38. The van der Waals surface area contributed by atoms with Gasteiger partial charge >= 0.3 is 11.7 Å². The van der Waals surface area contributed by atoms with Crippen LogP contribution in [0.1, 0.15) is 30.3 Å². The maximum Gasteiger partial charge on any atom is 0.326 e. The van der Waals surface area contributed by atoms with Crippen molar-refractivity contribution in [3.8, 4) is 0 Å². The number of aromatic amines is 2. The molecule has 1 amide bonds. The molecule has 0 radical (unpaired) electrons. The molecular formula is C10H13N3O5. The third kappa shape index (κ3) is 3.89. The second kappa shape index (κ2) is 5.80. The maximum atomic E-state index is 11.7. The van der Waals surface area contributed by atoms with Crippen molar-refractivity contribution in [1.29, 1.82) is 0 Å². The minimum absolute atomic E-state index is 0.201. The van der Waals surface area contributed by atoms with E-state index < -0.39 is 29.2 Å². The van der Waals surface area contributed by atoms with E-state index in [-0.39, 0.29) is 12.1 Å². The Morgan fingerprint density at radius 3 is 2.56 bits per heavy atom. The molecule has 8 heteroatoms. The molecule has 0 aliphatic rings. The van der Waals surface area contributed by atoms with Gasteiger partial charge in [0, 0.05) is 12.1 Å². The van der Waals surface area contributed by atoms with Gasteiger partial charge < -0.3 is 15.4 Å². The summed E-state index contributed by atoms with van der Waals surface area (Å²) in [6, 6.07) is 0.377. The van der Waals surface area contributed by atoms with Crippen LogP contribution in [0.3, 0.4) is 0 Å². The third-order valence-corrected chi connectivity index (χ3v) is 2.25.